The Bertz CT molecular complexity index is 2840. The number of fused-ring (bicyclic) bond motifs is 2. The van der Waals surface area contributed by atoms with E-state index in [1.165, 1.54) is 24.5 Å². The zero-order chi connectivity index (χ0) is 46.9. The molecule has 6 aromatic rings. The van der Waals surface area contributed by atoms with E-state index in [0.29, 0.717) is 22.1 Å². The molecule has 1 amide bonds. The van der Waals surface area contributed by atoms with Crippen LogP contribution in [0.3, 0.4) is 0 Å². The summed E-state index contributed by atoms with van der Waals surface area (Å²) in [7, 11) is 0. The third-order valence-corrected chi connectivity index (χ3v) is 12.1. The fourth-order valence-electron chi connectivity index (χ4n) is 7.78. The summed E-state index contributed by atoms with van der Waals surface area (Å²) in [5.74, 6) is -7.11. The van der Waals surface area contributed by atoms with Gasteiger partial charge in [-0.15, -0.1) is 11.8 Å². The van der Waals surface area contributed by atoms with E-state index in [4.69, 9.17) is 22.0 Å². The first kappa shape index (κ1) is 47.3. The van der Waals surface area contributed by atoms with E-state index >= 15 is 13.6 Å². The molecule has 0 fully saturated rings. The Morgan fingerprint density at radius 2 is 1.77 bits per heavy atom. The van der Waals surface area contributed by atoms with Crippen LogP contribution in [0.2, 0.25) is 5.02 Å². The van der Waals surface area contributed by atoms with E-state index in [1.807, 2.05) is 31.2 Å². The van der Waals surface area contributed by atoms with Gasteiger partial charge in [-0.05, 0) is 71.3 Å². The van der Waals surface area contributed by atoms with Crippen molar-refractivity contribution in [2.45, 2.75) is 62.4 Å². The van der Waals surface area contributed by atoms with Crippen molar-refractivity contribution in [3.05, 3.63) is 134 Å². The predicted octanol–water partition coefficient (Wildman–Crippen LogP) is 9.25. The minimum Gasteiger partial charge on any atom is -0.593 e. The highest BCUT2D eigenvalue weighted by molar-refractivity contribution is 7.99. The second-order valence-corrected chi connectivity index (χ2v) is 17.6. The number of amides is 1. The van der Waals surface area contributed by atoms with Crippen LogP contribution in [0.1, 0.15) is 59.7 Å². The number of carbonyl (C=O) groups excluding carboxylic acids is 1. The largest absolute Gasteiger partial charge is 0.593 e. The highest BCUT2D eigenvalue weighted by Gasteiger charge is 2.46. The van der Waals surface area contributed by atoms with Crippen LogP contribution in [0.25, 0.3) is 27.7 Å². The van der Waals surface area contributed by atoms with Crippen molar-refractivity contribution in [3.8, 4) is 16.8 Å². The molecular formula is C43H37ClF8N8O3S2. The summed E-state index contributed by atoms with van der Waals surface area (Å²) in [4.78, 5) is 35.0. The maximum Gasteiger partial charge on any atom is 0.290 e. The highest BCUT2D eigenvalue weighted by Crippen LogP contribution is 2.45. The molecule has 22 heteroatoms. The Balaban J connectivity index is 1.49. The molecule has 0 radical (unpaired) electrons. The number of anilines is 1. The summed E-state index contributed by atoms with van der Waals surface area (Å²) >= 11 is 6.21. The lowest BCUT2D eigenvalue weighted by Crippen LogP contribution is -2.38. The molecule has 342 valence electrons. The Hall–Kier alpha value is -5.64. The number of hydrogen-bond acceptors (Lipinski definition) is 8. The van der Waals surface area contributed by atoms with Crippen LogP contribution in [0, 0.1) is 17.0 Å². The quantitative estimate of drug-likeness (QED) is 0.0246. The molecule has 2 aromatic heterocycles. The van der Waals surface area contributed by atoms with Gasteiger partial charge in [0.25, 0.3) is 24.3 Å². The van der Waals surface area contributed by atoms with Gasteiger partial charge in [-0.25, -0.2) is 31.3 Å². The van der Waals surface area contributed by atoms with E-state index in [0.717, 1.165) is 27.2 Å². The van der Waals surface area contributed by atoms with Crippen LogP contribution in [0.15, 0.2) is 82.5 Å². The van der Waals surface area contributed by atoms with Crippen molar-refractivity contribution in [1.82, 2.24) is 29.4 Å². The van der Waals surface area contributed by atoms with Gasteiger partial charge in [0.15, 0.2) is 5.84 Å². The maximum atomic E-state index is 15.2. The van der Waals surface area contributed by atoms with Crippen LogP contribution >= 0.6 is 23.4 Å². The molecule has 2 heterocycles. The minimum atomic E-state index is -3.62. The first-order valence-corrected chi connectivity index (χ1v) is 22.6. The molecule has 0 saturated heterocycles. The number of nitrogens with one attached hydrogen (secondary N) is 4. The molecule has 0 spiro atoms. The van der Waals surface area contributed by atoms with Gasteiger partial charge in [-0.3, -0.25) is 24.2 Å². The summed E-state index contributed by atoms with van der Waals surface area (Å²) in [5, 5.41) is 17.2. The lowest BCUT2D eigenvalue weighted by Gasteiger charge is -2.26. The standard InChI is InChI=1S/C43H37ClF8N8O3S2/c1-3-64-32-7-5-4-6-25(32)22-8-9-26-29(17-22)56-41(60(42(26)62)31-11-10-28(44)35(40(53)58-65(2)63)37(31)54-19-33(47)48)30(16-21-14-23(45)18-24(46)15-21)55-34(61)20-59-38-27(12-13-43(38,51)52)36(57-59)39(49)50/h4-11,14-15,17-18,30,33,39,54H,3,12-13,16,19-20H2,1-2H3,(H2,53,58)(H,55,61). The van der Waals surface area contributed by atoms with Gasteiger partial charge in [-0.1, -0.05) is 42.8 Å². The Morgan fingerprint density at radius 3 is 2.45 bits per heavy atom. The number of aromatic nitrogens is 4. The van der Waals surface area contributed by atoms with Crippen molar-refractivity contribution in [2.24, 2.45) is 0 Å². The lowest BCUT2D eigenvalue weighted by molar-refractivity contribution is -0.122. The molecule has 1 aliphatic rings. The molecule has 4 aromatic carbocycles. The minimum absolute atomic E-state index is 0.0258. The summed E-state index contributed by atoms with van der Waals surface area (Å²) in [6.45, 7) is -0.157. The van der Waals surface area contributed by atoms with Gasteiger partial charge in [0.05, 0.1) is 56.8 Å². The van der Waals surface area contributed by atoms with E-state index in [-0.39, 0.29) is 38.4 Å². The lowest BCUT2D eigenvalue weighted by atomic mass is 10.0. The van der Waals surface area contributed by atoms with Crippen molar-refractivity contribution in [3.63, 3.8) is 0 Å². The highest BCUT2D eigenvalue weighted by atomic mass is 35.5. The van der Waals surface area contributed by atoms with Crippen molar-refractivity contribution in [1.29, 1.82) is 5.41 Å². The molecule has 2 atom stereocenters. The molecule has 0 aliphatic heterocycles. The second-order valence-electron chi connectivity index (χ2n) is 14.8. The Kier molecular flexibility index (Phi) is 14.2. The van der Waals surface area contributed by atoms with Crippen molar-refractivity contribution < 1.29 is 44.5 Å². The number of amidine groups is 1. The van der Waals surface area contributed by atoms with E-state index in [2.05, 4.69) is 20.5 Å². The van der Waals surface area contributed by atoms with Gasteiger partial charge >= 0.3 is 0 Å². The van der Waals surface area contributed by atoms with Gasteiger partial charge in [-0.2, -0.15) is 18.6 Å². The molecule has 65 heavy (non-hydrogen) atoms. The number of carbonyl (C=O) groups is 1. The normalized spacial score (nSPS) is 14.2. The number of hydrogen-bond donors (Lipinski definition) is 4. The monoisotopic (exact) mass is 964 g/mol. The number of rotatable bonds is 16. The topological polar surface area (TPSA) is 153 Å². The van der Waals surface area contributed by atoms with Crippen LogP contribution in [-0.2, 0) is 41.5 Å². The number of thioether (sulfide) groups is 1. The summed E-state index contributed by atoms with van der Waals surface area (Å²) < 4.78 is 132. The zero-order valence-corrected chi connectivity index (χ0v) is 36.5. The fraction of sp³-hybridized carbons (Fsp3) is 0.279. The smallest absolute Gasteiger partial charge is 0.290 e. The van der Waals surface area contributed by atoms with Gasteiger partial charge in [0.1, 0.15) is 41.6 Å². The summed E-state index contributed by atoms with van der Waals surface area (Å²) in [5.41, 5.74) is -2.76. The SMILES string of the molecule is CCSc1ccccc1-c1ccc2c(=O)n(-c3ccc(Cl)c(C(=N)N[S+](C)[O-])c3NCC(F)F)c(C(Cc3cc(F)cc(F)c3)NC(=O)Cn3nc(C(F)F)c4c3C(F)(F)CC4)nc2c1. The average molecular weight is 965 g/mol. The fourth-order valence-corrected chi connectivity index (χ4v) is 9.25. The predicted molar refractivity (Wildman–Crippen MR) is 233 cm³/mol. The first-order chi connectivity index (χ1) is 30.9. The van der Waals surface area contributed by atoms with Crippen LogP contribution < -0.4 is 20.9 Å². The van der Waals surface area contributed by atoms with Crippen LogP contribution in [-0.4, -0.2) is 60.6 Å². The summed E-state index contributed by atoms with van der Waals surface area (Å²) in [6, 6.07) is 15.3. The number of alkyl halides is 6. The molecular weight excluding hydrogens is 928 g/mol. The van der Waals surface area contributed by atoms with Gasteiger partial charge < -0.3 is 15.2 Å². The molecule has 0 saturated carbocycles. The van der Waals surface area contributed by atoms with Crippen molar-refractivity contribution in [2.75, 3.05) is 23.9 Å². The molecule has 11 nitrogen and oxygen atoms in total. The Labute approximate surface area is 377 Å². The Morgan fingerprint density at radius 1 is 1.05 bits per heavy atom. The first-order valence-electron chi connectivity index (χ1n) is 19.7. The van der Waals surface area contributed by atoms with Gasteiger partial charge in [0.2, 0.25) is 5.91 Å². The molecule has 7 rings (SSSR count). The summed E-state index contributed by atoms with van der Waals surface area (Å²) in [6.07, 6.45) is -6.86. The van der Waals surface area contributed by atoms with E-state index < -0.39 is 120 Å². The molecule has 2 unspecified atom stereocenters. The van der Waals surface area contributed by atoms with E-state index in [1.54, 1.807) is 23.9 Å². The van der Waals surface area contributed by atoms with Crippen LogP contribution in [0.5, 0.6) is 0 Å². The zero-order valence-electron chi connectivity index (χ0n) is 34.1. The van der Waals surface area contributed by atoms with E-state index in [9.17, 15) is 35.7 Å². The van der Waals surface area contributed by atoms with Crippen LogP contribution in [0.4, 0.5) is 40.8 Å². The second kappa shape index (κ2) is 19.4. The molecule has 0 bridgehead atoms. The number of benzene rings is 4. The third kappa shape index (κ3) is 10.1. The van der Waals surface area contributed by atoms with Gasteiger partial charge in [0, 0.05) is 29.4 Å². The average Bonchev–Trinajstić information content (AvgIpc) is 3.76. The number of nitrogens with zero attached hydrogens (tertiary/aromatic N) is 4. The van der Waals surface area contributed by atoms with Crippen molar-refractivity contribution >= 4 is 63.1 Å². The third-order valence-electron chi connectivity index (χ3n) is 10.3. The number of halogens is 9. The maximum absolute atomic E-state index is 15.2. The molecule has 4 N–H and O–H groups in total. The molecule has 1 aliphatic carbocycles.